The lowest BCUT2D eigenvalue weighted by atomic mass is 9.95. The summed E-state index contributed by atoms with van der Waals surface area (Å²) in [6.07, 6.45) is 0. The van der Waals surface area contributed by atoms with Gasteiger partial charge >= 0.3 is 0 Å². The normalized spacial score (nSPS) is 12.4. The van der Waals surface area contributed by atoms with Crippen molar-refractivity contribution in [1.82, 2.24) is 20.1 Å². The van der Waals surface area contributed by atoms with Crippen molar-refractivity contribution in [3.8, 4) is 23.0 Å². The van der Waals surface area contributed by atoms with Crippen LogP contribution in [0.4, 0.5) is 0 Å². The van der Waals surface area contributed by atoms with Gasteiger partial charge in [0.25, 0.3) is 0 Å². The highest BCUT2D eigenvalue weighted by atomic mass is 16.3. The van der Waals surface area contributed by atoms with E-state index in [4.69, 9.17) is 4.98 Å². The van der Waals surface area contributed by atoms with E-state index in [1.165, 1.54) is 6.92 Å². The summed E-state index contributed by atoms with van der Waals surface area (Å²) in [5, 5.41) is 18.6. The van der Waals surface area contributed by atoms with Crippen molar-refractivity contribution in [3.05, 3.63) is 46.9 Å². The molecule has 0 spiro atoms. The minimum absolute atomic E-state index is 0.131. The lowest BCUT2D eigenvalue weighted by molar-refractivity contribution is -0.119. The topological polar surface area (TPSA) is 80.0 Å². The maximum Gasteiger partial charge on any atom is 0.217 e. The van der Waals surface area contributed by atoms with E-state index < -0.39 is 5.60 Å². The Labute approximate surface area is 177 Å². The molecule has 0 bridgehead atoms. The molecule has 0 aliphatic carbocycles. The van der Waals surface area contributed by atoms with E-state index in [-0.39, 0.29) is 11.9 Å². The molecule has 1 amide bonds. The van der Waals surface area contributed by atoms with Crippen molar-refractivity contribution in [2.45, 2.75) is 53.2 Å². The molecule has 6 nitrogen and oxygen atoms in total. The Morgan fingerprint density at radius 3 is 2.50 bits per heavy atom. The number of aromatic nitrogens is 3. The molecule has 3 rings (SSSR count). The van der Waals surface area contributed by atoms with Crippen LogP contribution in [0.2, 0.25) is 0 Å². The van der Waals surface area contributed by atoms with Crippen molar-refractivity contribution in [3.63, 3.8) is 0 Å². The van der Waals surface area contributed by atoms with Crippen molar-refractivity contribution in [2.24, 2.45) is 7.05 Å². The van der Waals surface area contributed by atoms with E-state index in [2.05, 4.69) is 41.3 Å². The molecule has 156 valence electrons. The summed E-state index contributed by atoms with van der Waals surface area (Å²) in [5.74, 6) is 5.60. The Balaban J connectivity index is 2.26. The van der Waals surface area contributed by atoms with Crippen LogP contribution in [0, 0.1) is 25.7 Å². The molecule has 0 saturated carbocycles. The zero-order chi connectivity index (χ0) is 22.2. The molecule has 2 N–H and O–H groups in total. The van der Waals surface area contributed by atoms with E-state index in [1.54, 1.807) is 13.8 Å². The Hall–Kier alpha value is -3.17. The standard InChI is InChI=1S/C24H28N4O2/c1-14-8-10-20(23-21(14)15(2)27-28(23)7)19-11-9-18(12-13-24(5,6)30)26-22(19)16(3)25-17(4)29/h8-11,16,30H,1-7H3,(H,25,29)/t16-/m0/s1. The first kappa shape index (κ1) is 21.5. The number of amides is 1. The minimum Gasteiger partial charge on any atom is -0.378 e. The third-order valence-electron chi connectivity index (χ3n) is 4.91. The summed E-state index contributed by atoms with van der Waals surface area (Å²) < 4.78 is 1.89. The van der Waals surface area contributed by atoms with E-state index in [0.29, 0.717) is 5.69 Å². The van der Waals surface area contributed by atoms with Gasteiger partial charge in [-0.3, -0.25) is 9.48 Å². The second-order valence-corrected chi connectivity index (χ2v) is 8.22. The Morgan fingerprint density at radius 2 is 1.87 bits per heavy atom. The SMILES string of the molecule is CC(=O)N[C@@H](C)c1nc(C#CC(C)(C)O)ccc1-c1ccc(C)c2c(C)nn(C)c12. The third kappa shape index (κ3) is 4.37. The maximum absolute atomic E-state index is 11.7. The molecule has 0 radical (unpaired) electrons. The van der Waals surface area contributed by atoms with Gasteiger partial charge in [0, 0.05) is 30.5 Å². The van der Waals surface area contributed by atoms with Gasteiger partial charge in [0.05, 0.1) is 22.9 Å². The van der Waals surface area contributed by atoms with Crippen LogP contribution < -0.4 is 5.32 Å². The number of hydrogen-bond donors (Lipinski definition) is 2. The summed E-state index contributed by atoms with van der Waals surface area (Å²) >= 11 is 0. The van der Waals surface area contributed by atoms with Gasteiger partial charge in [0.15, 0.2) is 0 Å². The molecule has 0 unspecified atom stereocenters. The molecule has 0 aliphatic heterocycles. The number of carbonyl (C=O) groups excluding carboxylic acids is 1. The number of fused-ring (bicyclic) bond motifs is 1. The zero-order valence-electron chi connectivity index (χ0n) is 18.6. The van der Waals surface area contributed by atoms with Crippen LogP contribution in [-0.4, -0.2) is 31.4 Å². The van der Waals surface area contributed by atoms with E-state index >= 15 is 0 Å². The first-order valence-corrected chi connectivity index (χ1v) is 9.95. The number of nitrogens with one attached hydrogen (secondary N) is 1. The highest BCUT2D eigenvalue weighted by Gasteiger charge is 2.20. The fraction of sp³-hybridized carbons (Fsp3) is 0.375. The van der Waals surface area contributed by atoms with Crippen LogP contribution in [0.5, 0.6) is 0 Å². The second-order valence-electron chi connectivity index (χ2n) is 8.22. The predicted molar refractivity (Wildman–Crippen MR) is 119 cm³/mol. The summed E-state index contributed by atoms with van der Waals surface area (Å²) in [6.45, 7) is 10.7. The summed E-state index contributed by atoms with van der Waals surface area (Å²) in [4.78, 5) is 16.5. The smallest absolute Gasteiger partial charge is 0.217 e. The quantitative estimate of drug-likeness (QED) is 0.654. The van der Waals surface area contributed by atoms with Crippen molar-refractivity contribution >= 4 is 16.8 Å². The van der Waals surface area contributed by atoms with Gasteiger partial charge < -0.3 is 10.4 Å². The minimum atomic E-state index is -1.11. The highest BCUT2D eigenvalue weighted by molar-refractivity contribution is 5.98. The van der Waals surface area contributed by atoms with Gasteiger partial charge in [0.2, 0.25) is 5.91 Å². The number of nitrogens with zero attached hydrogens (tertiary/aromatic N) is 3. The van der Waals surface area contributed by atoms with Gasteiger partial charge in [-0.25, -0.2) is 4.98 Å². The first-order valence-electron chi connectivity index (χ1n) is 9.95. The third-order valence-corrected chi connectivity index (χ3v) is 4.91. The van der Waals surface area contributed by atoms with Crippen LogP contribution in [0.15, 0.2) is 24.3 Å². The predicted octanol–water partition coefficient (Wildman–Crippen LogP) is 3.57. The van der Waals surface area contributed by atoms with E-state index in [9.17, 15) is 9.90 Å². The van der Waals surface area contributed by atoms with Crippen LogP contribution in [-0.2, 0) is 11.8 Å². The van der Waals surface area contributed by atoms with Gasteiger partial charge in [0.1, 0.15) is 11.3 Å². The molecule has 2 aromatic heterocycles. The number of rotatable bonds is 3. The molecular weight excluding hydrogens is 376 g/mol. The molecule has 1 aromatic carbocycles. The van der Waals surface area contributed by atoms with E-state index in [0.717, 1.165) is 39.0 Å². The lowest BCUT2D eigenvalue weighted by Crippen LogP contribution is -2.25. The molecule has 0 aliphatic rings. The fourth-order valence-electron chi connectivity index (χ4n) is 3.72. The summed E-state index contributed by atoms with van der Waals surface area (Å²) in [5.41, 5.74) is 5.23. The Morgan fingerprint density at radius 1 is 1.20 bits per heavy atom. The lowest BCUT2D eigenvalue weighted by Gasteiger charge is -2.18. The Kier molecular flexibility index (Phi) is 5.69. The number of pyridine rings is 1. The van der Waals surface area contributed by atoms with Crippen LogP contribution in [0.3, 0.4) is 0 Å². The number of aliphatic hydroxyl groups is 1. The van der Waals surface area contributed by atoms with Crippen molar-refractivity contribution in [1.29, 1.82) is 0 Å². The van der Waals surface area contributed by atoms with Gasteiger partial charge in [-0.2, -0.15) is 5.10 Å². The van der Waals surface area contributed by atoms with Crippen LogP contribution >= 0.6 is 0 Å². The molecule has 0 saturated heterocycles. The maximum atomic E-state index is 11.7. The van der Waals surface area contributed by atoms with E-state index in [1.807, 2.05) is 37.7 Å². The molecular formula is C24H28N4O2. The molecule has 1 atom stereocenters. The van der Waals surface area contributed by atoms with Gasteiger partial charge in [-0.1, -0.05) is 18.1 Å². The van der Waals surface area contributed by atoms with Crippen LogP contribution in [0.1, 0.15) is 56.4 Å². The first-order chi connectivity index (χ1) is 14.0. The highest BCUT2D eigenvalue weighted by Crippen LogP contribution is 2.35. The van der Waals surface area contributed by atoms with Crippen molar-refractivity contribution < 1.29 is 9.90 Å². The molecule has 6 heteroatoms. The largest absolute Gasteiger partial charge is 0.378 e. The average molecular weight is 405 g/mol. The zero-order valence-corrected chi connectivity index (χ0v) is 18.6. The number of aryl methyl sites for hydroxylation is 3. The van der Waals surface area contributed by atoms with Crippen LogP contribution in [0.25, 0.3) is 22.0 Å². The molecule has 30 heavy (non-hydrogen) atoms. The van der Waals surface area contributed by atoms with Gasteiger partial charge in [-0.05, 0) is 58.2 Å². The second kappa shape index (κ2) is 7.92. The fourth-order valence-corrected chi connectivity index (χ4v) is 3.72. The molecule has 3 aromatic rings. The number of carbonyl (C=O) groups is 1. The number of benzene rings is 1. The average Bonchev–Trinajstić information content (AvgIpc) is 2.94. The monoisotopic (exact) mass is 404 g/mol. The number of hydrogen-bond acceptors (Lipinski definition) is 4. The molecule has 0 fully saturated rings. The Bertz CT molecular complexity index is 1190. The van der Waals surface area contributed by atoms with Gasteiger partial charge in [-0.15, -0.1) is 0 Å². The van der Waals surface area contributed by atoms with Crippen molar-refractivity contribution in [2.75, 3.05) is 0 Å². The molecule has 2 heterocycles. The summed E-state index contributed by atoms with van der Waals surface area (Å²) in [7, 11) is 1.94. The summed E-state index contributed by atoms with van der Waals surface area (Å²) in [6, 6.07) is 7.66.